The van der Waals surface area contributed by atoms with Crippen LogP contribution in [0.4, 0.5) is 0 Å². The van der Waals surface area contributed by atoms with Crippen molar-refractivity contribution >= 4 is 23.8 Å². The molecule has 0 saturated heterocycles. The molecule has 0 radical (unpaired) electrons. The van der Waals surface area contributed by atoms with Crippen molar-refractivity contribution in [3.8, 4) is 17.2 Å². The number of thioether (sulfide) groups is 1. The lowest BCUT2D eigenvalue weighted by atomic mass is 10.2. The molecule has 3 aromatic rings. The van der Waals surface area contributed by atoms with E-state index in [0.717, 1.165) is 34.4 Å². The minimum atomic E-state index is -1.27. The Morgan fingerprint density at radius 2 is 2.10 bits per heavy atom. The van der Waals surface area contributed by atoms with Gasteiger partial charge in [0, 0.05) is 34.5 Å². The second-order valence-corrected chi connectivity index (χ2v) is 7.52. The number of benzene rings is 1. The van der Waals surface area contributed by atoms with Crippen LogP contribution in [0.25, 0.3) is 11.8 Å². The third kappa shape index (κ3) is 3.73. The number of aromatic nitrogens is 4. The summed E-state index contributed by atoms with van der Waals surface area (Å²) in [5.41, 5.74) is 3.54. The van der Waals surface area contributed by atoms with Crippen LogP contribution in [0, 0.1) is 13.8 Å². The van der Waals surface area contributed by atoms with Crippen molar-refractivity contribution in [1.82, 2.24) is 19.7 Å². The second-order valence-electron chi connectivity index (χ2n) is 6.52. The number of ether oxygens (including phenoxy) is 2. The molecule has 0 fully saturated rings. The maximum atomic E-state index is 11.7. The third-order valence-electron chi connectivity index (χ3n) is 4.62. The first-order chi connectivity index (χ1) is 14.0. The number of carbonyl (C=O) groups excluding carboxylic acids is 1. The monoisotopic (exact) mass is 411 g/mol. The molecule has 29 heavy (non-hydrogen) atoms. The number of rotatable bonds is 6. The minimum Gasteiger partial charge on any atom is -0.544 e. The van der Waals surface area contributed by atoms with Crippen molar-refractivity contribution in [1.29, 1.82) is 0 Å². The molecule has 0 spiro atoms. The maximum absolute atomic E-state index is 11.7. The van der Waals surface area contributed by atoms with Crippen LogP contribution in [0.2, 0.25) is 0 Å². The van der Waals surface area contributed by atoms with Crippen LogP contribution in [0.5, 0.6) is 11.5 Å². The summed E-state index contributed by atoms with van der Waals surface area (Å²) in [7, 11) is 0. The predicted octanol–water partition coefficient (Wildman–Crippen LogP) is 2.39. The fraction of sp³-hybridized carbons (Fsp3) is 0.250. The number of carboxylic acid groups (broad SMARTS) is 1. The fourth-order valence-electron chi connectivity index (χ4n) is 3.21. The summed E-state index contributed by atoms with van der Waals surface area (Å²) in [5.74, 6) is 0.830. The molecular formula is C20H19N4O4S-. The summed E-state index contributed by atoms with van der Waals surface area (Å²) in [4.78, 5) is 16.0. The Morgan fingerprint density at radius 3 is 2.83 bits per heavy atom. The van der Waals surface area contributed by atoms with E-state index in [1.54, 1.807) is 6.08 Å². The largest absolute Gasteiger partial charge is 0.544 e. The minimum absolute atomic E-state index is 0.0394. The van der Waals surface area contributed by atoms with Gasteiger partial charge < -0.3 is 23.9 Å². The number of aryl methyl sites for hydroxylation is 2. The number of fused-ring (bicyclic) bond motifs is 1. The van der Waals surface area contributed by atoms with Crippen molar-refractivity contribution < 1.29 is 19.4 Å². The summed E-state index contributed by atoms with van der Waals surface area (Å²) < 4.78 is 12.9. The van der Waals surface area contributed by atoms with E-state index in [-0.39, 0.29) is 11.7 Å². The fourth-order valence-corrected chi connectivity index (χ4v) is 3.92. The molecule has 1 aromatic carbocycles. The van der Waals surface area contributed by atoms with Crippen LogP contribution in [0.1, 0.15) is 29.7 Å². The summed E-state index contributed by atoms with van der Waals surface area (Å²) in [6, 6.07) is 7.64. The van der Waals surface area contributed by atoms with Crippen LogP contribution >= 0.6 is 11.8 Å². The lowest BCUT2D eigenvalue weighted by Gasteiger charge is -2.11. The zero-order chi connectivity index (χ0) is 20.5. The van der Waals surface area contributed by atoms with Gasteiger partial charge in [-0.15, -0.1) is 5.10 Å². The lowest BCUT2D eigenvalue weighted by molar-refractivity contribution is -0.297. The molecule has 3 heterocycles. The molecule has 0 unspecified atom stereocenters. The highest BCUT2D eigenvalue weighted by molar-refractivity contribution is 8.04. The van der Waals surface area contributed by atoms with E-state index in [2.05, 4.69) is 15.2 Å². The van der Waals surface area contributed by atoms with E-state index >= 15 is 0 Å². The Kier molecular flexibility index (Phi) is 5.06. The number of carbonyl (C=O) groups is 1. The van der Waals surface area contributed by atoms with Crippen molar-refractivity contribution in [2.45, 2.75) is 32.3 Å². The lowest BCUT2D eigenvalue weighted by Crippen LogP contribution is -2.23. The standard InChI is InChI=1S/C20H20N4O4S/c1-4-18-21-20(23-22-18)29-17(19(25)26)8-13-7-11(2)24(12(13)3)14-5-6-15-16(9-14)28-10-27-15/h5-9H,4,10H2,1-3H3,(H,25,26)(H,21,22,23)/p-1/b17-8+. The number of H-pyrrole nitrogens is 1. The van der Waals surface area contributed by atoms with Gasteiger partial charge in [-0.05, 0) is 55.4 Å². The van der Waals surface area contributed by atoms with Crippen LogP contribution < -0.4 is 14.6 Å². The van der Waals surface area contributed by atoms with Gasteiger partial charge in [0.05, 0.1) is 5.97 Å². The topological polar surface area (TPSA) is 105 Å². The summed E-state index contributed by atoms with van der Waals surface area (Å²) in [6.45, 7) is 6.05. The van der Waals surface area contributed by atoms with Gasteiger partial charge in [0.25, 0.3) is 0 Å². The normalized spacial score (nSPS) is 13.1. The van der Waals surface area contributed by atoms with Gasteiger partial charge in [-0.3, -0.25) is 5.10 Å². The number of hydrogen-bond donors (Lipinski definition) is 1. The highest BCUT2D eigenvalue weighted by atomic mass is 32.2. The van der Waals surface area contributed by atoms with E-state index in [9.17, 15) is 9.90 Å². The number of carboxylic acids is 1. The zero-order valence-corrected chi connectivity index (χ0v) is 17.0. The van der Waals surface area contributed by atoms with E-state index in [0.29, 0.717) is 28.9 Å². The van der Waals surface area contributed by atoms with Gasteiger partial charge in [0.1, 0.15) is 5.82 Å². The number of nitrogens with zero attached hydrogens (tertiary/aromatic N) is 3. The van der Waals surface area contributed by atoms with Crippen molar-refractivity contribution in [2.75, 3.05) is 6.79 Å². The Morgan fingerprint density at radius 1 is 1.31 bits per heavy atom. The average Bonchev–Trinajstić information content (AvgIpc) is 3.40. The van der Waals surface area contributed by atoms with Gasteiger partial charge in [-0.1, -0.05) is 6.92 Å². The number of aromatic amines is 1. The van der Waals surface area contributed by atoms with Crippen LogP contribution in [0.15, 0.2) is 34.3 Å². The first kappa shape index (κ1) is 19.1. The Hall–Kier alpha value is -3.20. The van der Waals surface area contributed by atoms with E-state index in [4.69, 9.17) is 9.47 Å². The molecular weight excluding hydrogens is 392 g/mol. The molecule has 0 amide bonds. The molecule has 2 aromatic heterocycles. The number of hydrogen-bond acceptors (Lipinski definition) is 7. The van der Waals surface area contributed by atoms with Crippen molar-refractivity contribution in [3.05, 3.63) is 51.9 Å². The Labute approximate surface area is 171 Å². The third-order valence-corrected chi connectivity index (χ3v) is 5.49. The second kappa shape index (κ2) is 7.67. The first-order valence-corrected chi connectivity index (χ1v) is 9.89. The number of aliphatic carboxylic acids is 1. The Bertz CT molecular complexity index is 1120. The molecule has 8 nitrogen and oxygen atoms in total. The molecule has 1 aliphatic heterocycles. The van der Waals surface area contributed by atoms with Crippen LogP contribution in [0.3, 0.4) is 0 Å². The Balaban J connectivity index is 1.69. The van der Waals surface area contributed by atoms with Crippen LogP contribution in [-0.2, 0) is 11.2 Å². The van der Waals surface area contributed by atoms with Crippen molar-refractivity contribution in [2.24, 2.45) is 0 Å². The highest BCUT2D eigenvalue weighted by Gasteiger charge is 2.17. The van der Waals surface area contributed by atoms with Crippen molar-refractivity contribution in [3.63, 3.8) is 0 Å². The molecule has 0 aliphatic carbocycles. The molecule has 1 aliphatic rings. The van der Waals surface area contributed by atoms with Gasteiger partial charge in [0.15, 0.2) is 11.5 Å². The maximum Gasteiger partial charge on any atom is 0.231 e. The number of nitrogens with one attached hydrogen (secondary N) is 1. The molecule has 0 atom stereocenters. The van der Waals surface area contributed by atoms with Crippen LogP contribution in [-0.4, -0.2) is 32.5 Å². The quantitative estimate of drug-likeness (QED) is 0.490. The molecule has 4 rings (SSSR count). The molecule has 0 saturated carbocycles. The van der Waals surface area contributed by atoms with Gasteiger partial charge in [-0.25, -0.2) is 4.98 Å². The van der Waals surface area contributed by atoms with E-state index < -0.39 is 5.97 Å². The highest BCUT2D eigenvalue weighted by Crippen LogP contribution is 2.35. The average molecular weight is 411 g/mol. The predicted molar refractivity (Wildman–Crippen MR) is 106 cm³/mol. The summed E-state index contributed by atoms with van der Waals surface area (Å²) >= 11 is 0.964. The SMILES string of the molecule is CCc1nc(S/C(=C/c2cc(C)n(-c3ccc4c(c3)OCO4)c2C)C(=O)[O-])n[nH]1. The molecule has 1 N–H and O–H groups in total. The molecule has 0 bridgehead atoms. The van der Waals surface area contributed by atoms with Gasteiger partial charge >= 0.3 is 0 Å². The zero-order valence-electron chi connectivity index (χ0n) is 16.2. The summed E-state index contributed by atoms with van der Waals surface area (Å²) in [5, 5.41) is 18.9. The van der Waals surface area contributed by atoms with E-state index in [1.807, 2.05) is 49.6 Å². The smallest absolute Gasteiger partial charge is 0.231 e. The van der Waals surface area contributed by atoms with E-state index in [1.165, 1.54) is 0 Å². The molecule has 150 valence electrons. The molecule has 9 heteroatoms. The summed E-state index contributed by atoms with van der Waals surface area (Å²) in [6.07, 6.45) is 2.28. The van der Waals surface area contributed by atoms with Gasteiger partial charge in [0.2, 0.25) is 11.9 Å². The van der Waals surface area contributed by atoms with Gasteiger partial charge in [-0.2, -0.15) is 0 Å². The first-order valence-electron chi connectivity index (χ1n) is 9.07.